The Morgan fingerprint density at radius 3 is 2.07 bits per heavy atom. The zero-order valence-corrected chi connectivity index (χ0v) is 15.7. The summed E-state index contributed by atoms with van der Waals surface area (Å²) in [6, 6.07) is 28.4. The van der Waals surface area contributed by atoms with Gasteiger partial charge in [-0.05, 0) is 35.5 Å². The van der Waals surface area contributed by atoms with Crippen molar-refractivity contribution in [1.29, 1.82) is 0 Å². The molecule has 0 aliphatic carbocycles. The van der Waals surface area contributed by atoms with Crippen molar-refractivity contribution in [1.82, 2.24) is 10.2 Å². The second-order valence-corrected chi connectivity index (χ2v) is 6.95. The van der Waals surface area contributed by atoms with E-state index in [1.165, 1.54) is 11.8 Å². The molecule has 136 valence electrons. The van der Waals surface area contributed by atoms with Gasteiger partial charge in [-0.15, -0.1) is 10.2 Å². The quantitative estimate of drug-likeness (QED) is 0.241. The Labute approximate surface area is 166 Å². The topological polar surface area (TPSA) is 56.0 Å². The standard InChI is InChI=1S/C23H16N2O2S/c26-21(18-12-6-2-7-13-18)20(16-17-10-4-1-5-11-17)28-23-25-24-22(27-23)19-14-8-3-9-15-19/h1-16H/b20-16-. The van der Waals surface area contributed by atoms with Gasteiger partial charge in [0, 0.05) is 11.1 Å². The molecule has 0 aliphatic rings. The van der Waals surface area contributed by atoms with Gasteiger partial charge in [-0.3, -0.25) is 4.79 Å². The molecule has 0 saturated heterocycles. The summed E-state index contributed by atoms with van der Waals surface area (Å²) < 4.78 is 5.77. The molecule has 3 aromatic carbocycles. The number of allylic oxidation sites excluding steroid dienone is 1. The van der Waals surface area contributed by atoms with E-state index in [1.54, 1.807) is 12.1 Å². The van der Waals surface area contributed by atoms with Crippen LogP contribution < -0.4 is 0 Å². The molecule has 0 aliphatic heterocycles. The maximum atomic E-state index is 13.1. The summed E-state index contributed by atoms with van der Waals surface area (Å²) in [7, 11) is 0. The molecule has 5 heteroatoms. The summed E-state index contributed by atoms with van der Waals surface area (Å²) in [5.74, 6) is 0.336. The van der Waals surface area contributed by atoms with E-state index in [1.807, 2.05) is 84.9 Å². The van der Waals surface area contributed by atoms with Gasteiger partial charge in [0.1, 0.15) is 0 Å². The summed E-state index contributed by atoms with van der Waals surface area (Å²) in [5.41, 5.74) is 2.38. The number of Topliss-reactive ketones (excluding diaryl/α,β-unsaturated/α-hetero) is 1. The summed E-state index contributed by atoms with van der Waals surface area (Å²) in [6.07, 6.45) is 1.84. The van der Waals surface area contributed by atoms with Crippen molar-refractivity contribution in [3.63, 3.8) is 0 Å². The van der Waals surface area contributed by atoms with Crippen LogP contribution in [0.3, 0.4) is 0 Å². The van der Waals surface area contributed by atoms with Gasteiger partial charge in [0.2, 0.25) is 5.89 Å². The normalized spacial score (nSPS) is 11.4. The first-order valence-corrected chi connectivity index (χ1v) is 9.54. The van der Waals surface area contributed by atoms with Crippen LogP contribution in [0.25, 0.3) is 17.5 Å². The summed E-state index contributed by atoms with van der Waals surface area (Å²) in [4.78, 5) is 13.6. The average molecular weight is 384 g/mol. The molecular weight excluding hydrogens is 368 g/mol. The number of carbonyl (C=O) groups excluding carboxylic acids is 1. The van der Waals surface area contributed by atoms with Crippen molar-refractivity contribution >= 4 is 23.6 Å². The molecule has 0 bridgehead atoms. The Balaban J connectivity index is 1.66. The zero-order valence-electron chi connectivity index (χ0n) is 14.9. The van der Waals surface area contributed by atoms with Crippen LogP contribution in [0.2, 0.25) is 0 Å². The molecule has 4 nitrogen and oxygen atoms in total. The predicted octanol–water partition coefficient (Wildman–Crippen LogP) is 5.75. The highest BCUT2D eigenvalue weighted by Gasteiger charge is 2.18. The van der Waals surface area contributed by atoms with E-state index < -0.39 is 0 Å². The van der Waals surface area contributed by atoms with Crippen molar-refractivity contribution < 1.29 is 9.21 Å². The molecular formula is C23H16N2O2S. The van der Waals surface area contributed by atoms with E-state index in [-0.39, 0.29) is 5.78 Å². The van der Waals surface area contributed by atoms with Crippen molar-refractivity contribution in [2.45, 2.75) is 5.22 Å². The molecule has 0 atom stereocenters. The van der Waals surface area contributed by atoms with Crippen LogP contribution in [-0.4, -0.2) is 16.0 Å². The molecule has 0 N–H and O–H groups in total. The lowest BCUT2D eigenvalue weighted by Crippen LogP contribution is -2.00. The van der Waals surface area contributed by atoms with Gasteiger partial charge in [-0.2, -0.15) is 0 Å². The molecule has 1 aromatic heterocycles. The molecule has 28 heavy (non-hydrogen) atoms. The van der Waals surface area contributed by atoms with E-state index in [4.69, 9.17) is 4.42 Å². The van der Waals surface area contributed by atoms with Crippen LogP contribution in [0, 0.1) is 0 Å². The summed E-state index contributed by atoms with van der Waals surface area (Å²) in [5, 5.41) is 8.53. The minimum atomic E-state index is -0.0890. The largest absolute Gasteiger partial charge is 0.411 e. The molecule has 0 amide bonds. The van der Waals surface area contributed by atoms with E-state index in [0.717, 1.165) is 11.1 Å². The Morgan fingerprint density at radius 2 is 1.39 bits per heavy atom. The Kier molecular flexibility index (Phi) is 5.45. The number of benzene rings is 3. The minimum Gasteiger partial charge on any atom is -0.411 e. The molecule has 0 fully saturated rings. The number of aromatic nitrogens is 2. The maximum absolute atomic E-state index is 13.1. The zero-order chi connectivity index (χ0) is 19.2. The van der Waals surface area contributed by atoms with E-state index in [9.17, 15) is 4.79 Å². The highest BCUT2D eigenvalue weighted by molar-refractivity contribution is 8.04. The smallest absolute Gasteiger partial charge is 0.281 e. The van der Waals surface area contributed by atoms with Gasteiger partial charge in [0.05, 0.1) is 4.91 Å². The Morgan fingerprint density at radius 1 is 0.786 bits per heavy atom. The van der Waals surface area contributed by atoms with Crippen molar-refractivity contribution in [3.8, 4) is 11.5 Å². The molecule has 0 radical (unpaired) electrons. The SMILES string of the molecule is O=C(/C(=C/c1ccccc1)Sc1nnc(-c2ccccc2)o1)c1ccccc1. The number of ketones is 1. The van der Waals surface area contributed by atoms with E-state index in [0.29, 0.717) is 21.6 Å². The Hall–Kier alpha value is -3.44. The number of carbonyl (C=O) groups is 1. The number of hydrogen-bond donors (Lipinski definition) is 0. The average Bonchev–Trinajstić information content (AvgIpc) is 3.23. The van der Waals surface area contributed by atoms with Gasteiger partial charge >= 0.3 is 0 Å². The van der Waals surface area contributed by atoms with Gasteiger partial charge in [-0.1, -0.05) is 78.9 Å². The first-order valence-electron chi connectivity index (χ1n) is 8.73. The van der Waals surface area contributed by atoms with Crippen LogP contribution in [0.15, 0.2) is 106 Å². The monoisotopic (exact) mass is 384 g/mol. The fraction of sp³-hybridized carbons (Fsp3) is 0. The lowest BCUT2D eigenvalue weighted by Gasteiger charge is -2.04. The van der Waals surface area contributed by atoms with E-state index in [2.05, 4.69) is 10.2 Å². The van der Waals surface area contributed by atoms with Crippen LogP contribution in [0.1, 0.15) is 15.9 Å². The van der Waals surface area contributed by atoms with Crippen LogP contribution in [0.4, 0.5) is 0 Å². The molecule has 1 heterocycles. The third-order valence-corrected chi connectivity index (χ3v) is 4.84. The van der Waals surface area contributed by atoms with Crippen LogP contribution >= 0.6 is 11.8 Å². The van der Waals surface area contributed by atoms with Crippen LogP contribution in [0.5, 0.6) is 0 Å². The van der Waals surface area contributed by atoms with Crippen LogP contribution in [-0.2, 0) is 0 Å². The molecule has 0 spiro atoms. The summed E-state index contributed by atoms with van der Waals surface area (Å²) in [6.45, 7) is 0. The third-order valence-electron chi connectivity index (χ3n) is 3.98. The molecule has 0 saturated carbocycles. The van der Waals surface area contributed by atoms with Crippen molar-refractivity contribution in [2.75, 3.05) is 0 Å². The van der Waals surface area contributed by atoms with Gasteiger partial charge in [0.25, 0.3) is 5.22 Å². The predicted molar refractivity (Wildman–Crippen MR) is 111 cm³/mol. The number of rotatable bonds is 6. The fourth-order valence-electron chi connectivity index (χ4n) is 2.62. The second kappa shape index (κ2) is 8.50. The fourth-order valence-corrected chi connectivity index (χ4v) is 3.41. The highest BCUT2D eigenvalue weighted by Crippen LogP contribution is 2.32. The molecule has 4 aromatic rings. The lowest BCUT2D eigenvalue weighted by atomic mass is 10.1. The highest BCUT2D eigenvalue weighted by atomic mass is 32.2. The summed E-state index contributed by atoms with van der Waals surface area (Å²) >= 11 is 1.17. The first-order chi connectivity index (χ1) is 13.8. The lowest BCUT2D eigenvalue weighted by molar-refractivity contribution is 0.104. The maximum Gasteiger partial charge on any atom is 0.281 e. The van der Waals surface area contributed by atoms with Gasteiger partial charge in [-0.25, -0.2) is 0 Å². The molecule has 4 rings (SSSR count). The van der Waals surface area contributed by atoms with Crippen molar-refractivity contribution in [3.05, 3.63) is 107 Å². The second-order valence-electron chi connectivity index (χ2n) is 5.96. The third kappa shape index (κ3) is 4.27. The van der Waals surface area contributed by atoms with E-state index >= 15 is 0 Å². The van der Waals surface area contributed by atoms with Crippen molar-refractivity contribution in [2.24, 2.45) is 0 Å². The minimum absolute atomic E-state index is 0.0890. The number of thioether (sulfide) groups is 1. The number of hydrogen-bond acceptors (Lipinski definition) is 5. The Bertz CT molecular complexity index is 1090. The molecule has 0 unspecified atom stereocenters. The first kappa shape index (κ1) is 17.9. The number of nitrogens with zero attached hydrogens (tertiary/aromatic N) is 2. The van der Waals surface area contributed by atoms with Gasteiger partial charge in [0.15, 0.2) is 5.78 Å². The van der Waals surface area contributed by atoms with Gasteiger partial charge < -0.3 is 4.42 Å².